The highest BCUT2D eigenvalue weighted by Gasteiger charge is 2.32. The molecule has 2 heterocycles. The van der Waals surface area contributed by atoms with Crippen molar-refractivity contribution in [1.82, 2.24) is 14.1 Å². The van der Waals surface area contributed by atoms with Crippen LogP contribution in [0.5, 0.6) is 0 Å². The van der Waals surface area contributed by atoms with Crippen molar-refractivity contribution < 1.29 is 13.2 Å². The smallest absolute Gasteiger partial charge is 0.254 e. The number of piperidine rings is 1. The van der Waals surface area contributed by atoms with Gasteiger partial charge >= 0.3 is 0 Å². The molecule has 1 aromatic carbocycles. The summed E-state index contributed by atoms with van der Waals surface area (Å²) >= 11 is 0. The van der Waals surface area contributed by atoms with Gasteiger partial charge in [-0.1, -0.05) is 19.9 Å². The first kappa shape index (κ1) is 20.3. The van der Waals surface area contributed by atoms with Gasteiger partial charge in [-0.25, -0.2) is 8.42 Å². The molecule has 1 amide bonds. The van der Waals surface area contributed by atoms with Crippen molar-refractivity contribution in [2.75, 3.05) is 46.3 Å². The predicted octanol–water partition coefficient (Wildman–Crippen LogP) is 2.19. The van der Waals surface area contributed by atoms with Gasteiger partial charge in [0, 0.05) is 44.8 Å². The van der Waals surface area contributed by atoms with Crippen LogP contribution in [0.15, 0.2) is 23.1 Å². The summed E-state index contributed by atoms with van der Waals surface area (Å²) in [6.07, 6.45) is 2.09. The van der Waals surface area contributed by atoms with Crippen molar-refractivity contribution in [2.45, 2.75) is 38.5 Å². The summed E-state index contributed by atoms with van der Waals surface area (Å²) < 4.78 is 27.6. The van der Waals surface area contributed by atoms with E-state index < -0.39 is 10.0 Å². The maximum atomic E-state index is 13.1. The number of likely N-dealkylation sites (N-methyl/N-ethyl adjacent to an activating group) is 1. The molecule has 2 fully saturated rings. The van der Waals surface area contributed by atoms with Crippen molar-refractivity contribution in [2.24, 2.45) is 5.41 Å². The first-order valence-electron chi connectivity index (χ1n) is 9.69. The number of hydrogen-bond acceptors (Lipinski definition) is 4. The van der Waals surface area contributed by atoms with Crippen LogP contribution in [-0.2, 0) is 10.0 Å². The first-order valence-corrected chi connectivity index (χ1v) is 11.1. The molecule has 0 bridgehead atoms. The average molecular weight is 394 g/mol. The second kappa shape index (κ2) is 7.53. The molecule has 7 heteroatoms. The number of carbonyl (C=O) groups is 1. The largest absolute Gasteiger partial charge is 0.338 e. The van der Waals surface area contributed by atoms with Crippen molar-refractivity contribution in [3.8, 4) is 0 Å². The highest BCUT2D eigenvalue weighted by Crippen LogP contribution is 2.30. The average Bonchev–Trinajstić information content (AvgIpc) is 2.61. The number of nitrogens with zero attached hydrogens (tertiary/aromatic N) is 3. The van der Waals surface area contributed by atoms with Gasteiger partial charge in [-0.3, -0.25) is 4.79 Å². The minimum Gasteiger partial charge on any atom is -0.338 e. The van der Waals surface area contributed by atoms with Crippen LogP contribution >= 0.6 is 0 Å². The fraction of sp³-hybridized carbons (Fsp3) is 0.650. The van der Waals surface area contributed by atoms with E-state index in [1.165, 1.54) is 4.31 Å². The molecule has 3 rings (SSSR count). The zero-order chi connectivity index (χ0) is 19.8. The third kappa shape index (κ3) is 4.36. The van der Waals surface area contributed by atoms with Crippen molar-refractivity contribution in [3.05, 3.63) is 29.3 Å². The Morgan fingerprint density at radius 2 is 1.74 bits per heavy atom. The van der Waals surface area contributed by atoms with Crippen molar-refractivity contribution in [1.29, 1.82) is 0 Å². The molecule has 0 N–H and O–H groups in total. The maximum absolute atomic E-state index is 13.1. The number of rotatable bonds is 3. The summed E-state index contributed by atoms with van der Waals surface area (Å²) in [5, 5.41) is 0. The summed E-state index contributed by atoms with van der Waals surface area (Å²) in [7, 11) is -1.58. The van der Waals surface area contributed by atoms with E-state index in [9.17, 15) is 13.2 Å². The van der Waals surface area contributed by atoms with E-state index in [0.717, 1.165) is 38.0 Å². The van der Waals surface area contributed by atoms with E-state index in [1.807, 2.05) is 18.9 Å². The third-order valence-corrected chi connectivity index (χ3v) is 7.62. The molecular formula is C20H31N3O3S. The Morgan fingerprint density at radius 3 is 2.37 bits per heavy atom. The van der Waals surface area contributed by atoms with Gasteiger partial charge in [0.05, 0.1) is 4.90 Å². The fourth-order valence-electron chi connectivity index (χ4n) is 3.94. The molecular weight excluding hydrogens is 362 g/mol. The van der Waals surface area contributed by atoms with Crippen LogP contribution in [0.4, 0.5) is 0 Å². The van der Waals surface area contributed by atoms with Crippen LogP contribution in [0.3, 0.4) is 0 Å². The zero-order valence-corrected chi connectivity index (χ0v) is 17.7. The van der Waals surface area contributed by atoms with E-state index in [2.05, 4.69) is 18.7 Å². The highest BCUT2D eigenvalue weighted by atomic mass is 32.2. The van der Waals surface area contributed by atoms with E-state index >= 15 is 0 Å². The molecule has 2 aliphatic rings. The van der Waals surface area contributed by atoms with Crippen LogP contribution in [0.1, 0.15) is 42.6 Å². The van der Waals surface area contributed by atoms with Gasteiger partial charge in [0.15, 0.2) is 0 Å². The Morgan fingerprint density at radius 1 is 1.07 bits per heavy atom. The Labute approximate surface area is 163 Å². The lowest BCUT2D eigenvalue weighted by Crippen LogP contribution is -2.47. The monoisotopic (exact) mass is 393 g/mol. The molecule has 0 unspecified atom stereocenters. The summed E-state index contributed by atoms with van der Waals surface area (Å²) in [5.74, 6) is -0.0595. The van der Waals surface area contributed by atoms with E-state index in [0.29, 0.717) is 25.2 Å². The van der Waals surface area contributed by atoms with E-state index in [-0.39, 0.29) is 16.2 Å². The molecule has 27 heavy (non-hydrogen) atoms. The molecule has 0 saturated carbocycles. The van der Waals surface area contributed by atoms with Gasteiger partial charge in [0.2, 0.25) is 10.0 Å². The number of benzene rings is 1. The molecule has 0 aliphatic carbocycles. The second-order valence-electron chi connectivity index (χ2n) is 8.68. The number of sulfonamides is 1. The number of aryl methyl sites for hydroxylation is 1. The lowest BCUT2D eigenvalue weighted by Gasteiger charge is -2.38. The molecule has 0 aromatic heterocycles. The molecule has 1 aromatic rings. The SMILES string of the molecule is Cc1ccc(S(=O)(=O)N2CCN(C)CC2)cc1C(=O)N1CCCC(C)(C)C1. The minimum absolute atomic E-state index is 0.0595. The van der Waals surface area contributed by atoms with E-state index in [1.54, 1.807) is 18.2 Å². The highest BCUT2D eigenvalue weighted by molar-refractivity contribution is 7.89. The summed E-state index contributed by atoms with van der Waals surface area (Å²) in [5.41, 5.74) is 1.43. The molecule has 0 spiro atoms. The fourth-order valence-corrected chi connectivity index (χ4v) is 5.39. The number of carbonyl (C=O) groups excluding carboxylic acids is 1. The Balaban J connectivity index is 1.87. The van der Waals surface area contributed by atoms with Crippen LogP contribution in [0.25, 0.3) is 0 Å². The van der Waals surface area contributed by atoms with Gasteiger partial charge < -0.3 is 9.80 Å². The summed E-state index contributed by atoms with van der Waals surface area (Å²) in [6.45, 7) is 10.1. The standard InChI is InChI=1S/C20H31N3O3S/c1-16-6-7-17(27(25,26)23-12-10-21(4)11-13-23)14-18(16)19(24)22-9-5-8-20(2,3)15-22/h6-7,14H,5,8-13,15H2,1-4H3. The Bertz CT molecular complexity index is 812. The molecule has 6 nitrogen and oxygen atoms in total. The van der Waals surface area contributed by atoms with E-state index in [4.69, 9.17) is 0 Å². The molecule has 0 radical (unpaired) electrons. The number of amides is 1. The first-order chi connectivity index (χ1) is 12.6. The lowest BCUT2D eigenvalue weighted by molar-refractivity contribution is 0.0582. The van der Waals surface area contributed by atoms with Gasteiger partial charge in [0.1, 0.15) is 0 Å². The van der Waals surface area contributed by atoms with Crippen molar-refractivity contribution in [3.63, 3.8) is 0 Å². The Hall–Kier alpha value is -1.44. The normalized spacial score (nSPS) is 22.0. The van der Waals surface area contributed by atoms with Crippen LogP contribution < -0.4 is 0 Å². The third-order valence-electron chi connectivity index (χ3n) is 5.73. The number of piperazine rings is 1. The quantitative estimate of drug-likeness (QED) is 0.790. The number of hydrogen-bond donors (Lipinski definition) is 0. The molecule has 2 aliphatic heterocycles. The van der Waals surface area contributed by atoms with Gasteiger partial charge in [-0.2, -0.15) is 4.31 Å². The molecule has 150 valence electrons. The number of likely N-dealkylation sites (tertiary alicyclic amines) is 1. The van der Waals surface area contributed by atoms with Crippen LogP contribution in [-0.4, -0.2) is 74.7 Å². The summed E-state index contributed by atoms with van der Waals surface area (Å²) in [6, 6.07) is 4.96. The topological polar surface area (TPSA) is 60.9 Å². The van der Waals surface area contributed by atoms with Gasteiger partial charge in [-0.05, 0) is 49.9 Å². The maximum Gasteiger partial charge on any atom is 0.254 e. The predicted molar refractivity (Wildman–Crippen MR) is 106 cm³/mol. The summed E-state index contributed by atoms with van der Waals surface area (Å²) in [4.78, 5) is 17.3. The lowest BCUT2D eigenvalue weighted by atomic mass is 9.84. The van der Waals surface area contributed by atoms with Gasteiger partial charge in [-0.15, -0.1) is 0 Å². The zero-order valence-electron chi connectivity index (χ0n) is 16.9. The molecule has 2 saturated heterocycles. The van der Waals surface area contributed by atoms with Crippen LogP contribution in [0, 0.1) is 12.3 Å². The van der Waals surface area contributed by atoms with Gasteiger partial charge in [0.25, 0.3) is 5.91 Å². The second-order valence-corrected chi connectivity index (χ2v) is 10.6. The van der Waals surface area contributed by atoms with Crippen LogP contribution in [0.2, 0.25) is 0 Å². The minimum atomic E-state index is -3.58. The Kier molecular flexibility index (Phi) is 5.66. The molecule has 0 atom stereocenters. The van der Waals surface area contributed by atoms with Crippen molar-refractivity contribution >= 4 is 15.9 Å².